The summed E-state index contributed by atoms with van der Waals surface area (Å²) < 4.78 is 1.68. The van der Waals surface area contributed by atoms with Gasteiger partial charge in [-0.3, -0.25) is 0 Å². The van der Waals surface area contributed by atoms with Gasteiger partial charge in [-0.2, -0.15) is 5.10 Å². The molecule has 0 aliphatic carbocycles. The lowest BCUT2D eigenvalue weighted by Gasteiger charge is -2.07. The van der Waals surface area contributed by atoms with Gasteiger partial charge in [-0.25, -0.2) is 4.68 Å². The predicted molar refractivity (Wildman–Crippen MR) is 61.5 cm³/mol. The first-order valence-electron chi connectivity index (χ1n) is 4.40. The minimum absolute atomic E-state index is 0.410. The van der Waals surface area contributed by atoms with Crippen molar-refractivity contribution in [2.24, 2.45) is 5.73 Å². The van der Waals surface area contributed by atoms with Gasteiger partial charge in [0.2, 0.25) is 0 Å². The summed E-state index contributed by atoms with van der Waals surface area (Å²) in [4.78, 5) is 0. The van der Waals surface area contributed by atoms with Crippen molar-refractivity contribution in [1.82, 2.24) is 9.78 Å². The third-order valence-corrected chi connectivity index (χ3v) is 2.49. The Morgan fingerprint density at radius 2 is 2.07 bits per heavy atom. The highest BCUT2D eigenvalue weighted by Crippen LogP contribution is 2.20. The molecule has 0 unspecified atom stereocenters. The van der Waals surface area contributed by atoms with Gasteiger partial charge in [-0.05, 0) is 23.8 Å². The minimum atomic E-state index is 0.410. The Hall–Kier alpha value is -1.03. The van der Waals surface area contributed by atoms with Crippen molar-refractivity contribution >= 4 is 23.2 Å². The van der Waals surface area contributed by atoms with Crippen LogP contribution in [0.2, 0.25) is 10.0 Å². The van der Waals surface area contributed by atoms with E-state index < -0.39 is 0 Å². The molecule has 3 nitrogen and oxygen atoms in total. The molecule has 0 atom stereocenters. The van der Waals surface area contributed by atoms with Crippen LogP contribution in [0.1, 0.15) is 5.56 Å². The zero-order chi connectivity index (χ0) is 10.8. The molecule has 78 valence electrons. The summed E-state index contributed by atoms with van der Waals surface area (Å²) in [7, 11) is 0. The number of aromatic nitrogens is 2. The third-order valence-electron chi connectivity index (χ3n) is 2.06. The zero-order valence-electron chi connectivity index (χ0n) is 7.82. The Morgan fingerprint density at radius 3 is 2.67 bits per heavy atom. The smallest absolute Gasteiger partial charge is 0.0790 e. The van der Waals surface area contributed by atoms with Crippen LogP contribution in [-0.4, -0.2) is 9.78 Å². The fourth-order valence-electron chi connectivity index (χ4n) is 1.37. The van der Waals surface area contributed by atoms with E-state index in [1.807, 2.05) is 12.1 Å². The van der Waals surface area contributed by atoms with E-state index in [1.165, 1.54) is 0 Å². The average molecular weight is 242 g/mol. The number of rotatable bonds is 2. The number of hydrogen-bond donors (Lipinski definition) is 1. The van der Waals surface area contributed by atoms with Crippen LogP contribution in [0, 0.1) is 0 Å². The molecular weight excluding hydrogens is 233 g/mol. The van der Waals surface area contributed by atoms with Crippen molar-refractivity contribution in [3.63, 3.8) is 0 Å². The normalized spacial score (nSPS) is 10.6. The Morgan fingerprint density at radius 1 is 1.27 bits per heavy atom. The highest BCUT2D eigenvalue weighted by molar-refractivity contribution is 6.30. The maximum atomic E-state index is 5.88. The summed E-state index contributed by atoms with van der Waals surface area (Å²) in [5.41, 5.74) is 7.46. The SMILES string of the molecule is NCc1cc(Cl)ccc1-n1cc(Cl)cn1. The molecule has 15 heavy (non-hydrogen) atoms. The molecule has 0 aliphatic rings. The first-order chi connectivity index (χ1) is 7.20. The topological polar surface area (TPSA) is 43.8 Å². The second kappa shape index (κ2) is 4.23. The van der Waals surface area contributed by atoms with Gasteiger partial charge >= 0.3 is 0 Å². The van der Waals surface area contributed by atoms with Crippen LogP contribution >= 0.6 is 23.2 Å². The van der Waals surface area contributed by atoms with Gasteiger partial charge in [0.15, 0.2) is 0 Å². The molecule has 0 amide bonds. The van der Waals surface area contributed by atoms with E-state index in [0.29, 0.717) is 16.6 Å². The summed E-state index contributed by atoms with van der Waals surface area (Å²) in [6.07, 6.45) is 3.31. The predicted octanol–water partition coefficient (Wildman–Crippen LogP) is 2.64. The van der Waals surface area contributed by atoms with E-state index in [2.05, 4.69) is 5.10 Å². The Balaban J connectivity index is 2.52. The zero-order valence-corrected chi connectivity index (χ0v) is 9.33. The standard InChI is InChI=1S/C10H9Cl2N3/c11-8-1-2-10(7(3-8)4-13)15-6-9(12)5-14-15/h1-3,5-6H,4,13H2. The average Bonchev–Trinajstić information content (AvgIpc) is 2.64. The van der Waals surface area contributed by atoms with E-state index in [1.54, 1.807) is 23.1 Å². The summed E-state index contributed by atoms with van der Waals surface area (Å²) in [5, 5.41) is 5.37. The molecule has 0 radical (unpaired) electrons. The molecule has 2 N–H and O–H groups in total. The van der Waals surface area contributed by atoms with Crippen LogP contribution < -0.4 is 5.73 Å². The molecule has 0 bridgehead atoms. The molecule has 0 aliphatic heterocycles. The van der Waals surface area contributed by atoms with E-state index in [9.17, 15) is 0 Å². The second-order valence-corrected chi connectivity index (χ2v) is 3.95. The molecule has 2 aromatic rings. The van der Waals surface area contributed by atoms with Gasteiger partial charge in [0.1, 0.15) is 0 Å². The molecule has 5 heteroatoms. The Labute approximate surface area is 97.4 Å². The van der Waals surface area contributed by atoms with Crippen LogP contribution in [0.25, 0.3) is 5.69 Å². The summed E-state index contributed by atoms with van der Waals surface area (Å²) in [5.74, 6) is 0. The van der Waals surface area contributed by atoms with E-state index in [0.717, 1.165) is 11.3 Å². The molecule has 0 spiro atoms. The van der Waals surface area contributed by atoms with Gasteiger partial charge in [-0.15, -0.1) is 0 Å². The van der Waals surface area contributed by atoms with E-state index in [-0.39, 0.29) is 0 Å². The summed E-state index contributed by atoms with van der Waals surface area (Å²) in [6.45, 7) is 0.410. The van der Waals surface area contributed by atoms with Crippen LogP contribution in [0.15, 0.2) is 30.6 Å². The maximum Gasteiger partial charge on any atom is 0.0790 e. The van der Waals surface area contributed by atoms with Crippen LogP contribution in [0.5, 0.6) is 0 Å². The van der Waals surface area contributed by atoms with Crippen LogP contribution in [-0.2, 0) is 6.54 Å². The first kappa shape index (κ1) is 10.5. The molecular formula is C10H9Cl2N3. The van der Waals surface area contributed by atoms with E-state index >= 15 is 0 Å². The van der Waals surface area contributed by atoms with Crippen molar-refractivity contribution in [3.8, 4) is 5.69 Å². The lowest BCUT2D eigenvalue weighted by Crippen LogP contribution is -2.04. The third kappa shape index (κ3) is 2.15. The number of nitrogens with two attached hydrogens (primary N) is 1. The number of benzene rings is 1. The van der Waals surface area contributed by atoms with Crippen molar-refractivity contribution in [1.29, 1.82) is 0 Å². The van der Waals surface area contributed by atoms with Gasteiger partial charge in [0.05, 0.1) is 16.9 Å². The Bertz CT molecular complexity index is 479. The second-order valence-electron chi connectivity index (χ2n) is 3.08. The molecule has 1 heterocycles. The molecule has 0 fully saturated rings. The number of halogens is 2. The van der Waals surface area contributed by atoms with Crippen molar-refractivity contribution in [2.45, 2.75) is 6.54 Å². The molecule has 1 aromatic carbocycles. The largest absolute Gasteiger partial charge is 0.326 e. The lowest BCUT2D eigenvalue weighted by atomic mass is 10.2. The minimum Gasteiger partial charge on any atom is -0.326 e. The molecule has 2 rings (SSSR count). The van der Waals surface area contributed by atoms with Crippen molar-refractivity contribution in [2.75, 3.05) is 0 Å². The van der Waals surface area contributed by atoms with E-state index in [4.69, 9.17) is 28.9 Å². The number of hydrogen-bond acceptors (Lipinski definition) is 2. The molecule has 0 saturated carbocycles. The molecule has 0 saturated heterocycles. The Kier molecular flexibility index (Phi) is 2.95. The number of nitrogens with zero attached hydrogens (tertiary/aromatic N) is 2. The van der Waals surface area contributed by atoms with Gasteiger partial charge in [-0.1, -0.05) is 23.2 Å². The quantitative estimate of drug-likeness (QED) is 0.879. The fraction of sp³-hybridized carbons (Fsp3) is 0.100. The highest BCUT2D eigenvalue weighted by atomic mass is 35.5. The monoisotopic (exact) mass is 241 g/mol. The van der Waals surface area contributed by atoms with Gasteiger partial charge < -0.3 is 5.73 Å². The fourth-order valence-corrected chi connectivity index (χ4v) is 1.70. The molecule has 1 aromatic heterocycles. The van der Waals surface area contributed by atoms with Gasteiger partial charge in [0.25, 0.3) is 0 Å². The van der Waals surface area contributed by atoms with Crippen LogP contribution in [0.3, 0.4) is 0 Å². The maximum absolute atomic E-state index is 5.88. The van der Waals surface area contributed by atoms with Gasteiger partial charge in [0, 0.05) is 17.8 Å². The lowest BCUT2D eigenvalue weighted by molar-refractivity contribution is 0.859. The van der Waals surface area contributed by atoms with Crippen molar-refractivity contribution < 1.29 is 0 Å². The summed E-state index contributed by atoms with van der Waals surface area (Å²) >= 11 is 11.7. The van der Waals surface area contributed by atoms with Crippen molar-refractivity contribution in [3.05, 3.63) is 46.2 Å². The summed E-state index contributed by atoms with van der Waals surface area (Å²) in [6, 6.07) is 5.49. The van der Waals surface area contributed by atoms with Crippen LogP contribution in [0.4, 0.5) is 0 Å². The highest BCUT2D eigenvalue weighted by Gasteiger charge is 2.05. The first-order valence-corrected chi connectivity index (χ1v) is 5.15.